The van der Waals surface area contributed by atoms with Crippen LogP contribution in [0.1, 0.15) is 43.5 Å². The standard InChI is InChI=1S/C15H17F3N4O/c16-15(17,18)11-6-7-12-20-21-13(22(12)9-11)8-19-14(23)10-4-2-1-3-5-10/h6-7,9-10H,1-5,8H2,(H,19,23). The van der Waals surface area contributed by atoms with Crippen molar-refractivity contribution < 1.29 is 18.0 Å². The normalized spacial score (nSPS) is 16.7. The minimum absolute atomic E-state index is 0.00586. The molecule has 3 rings (SSSR count). The highest BCUT2D eigenvalue weighted by atomic mass is 19.4. The van der Waals surface area contributed by atoms with E-state index in [0.29, 0.717) is 5.65 Å². The van der Waals surface area contributed by atoms with E-state index in [1.807, 2.05) is 0 Å². The molecule has 23 heavy (non-hydrogen) atoms. The Balaban J connectivity index is 1.73. The molecule has 2 aromatic heterocycles. The van der Waals surface area contributed by atoms with Crippen molar-refractivity contribution in [3.8, 4) is 0 Å². The number of rotatable bonds is 3. The molecule has 0 aromatic carbocycles. The first kappa shape index (κ1) is 15.8. The van der Waals surface area contributed by atoms with Gasteiger partial charge in [0.05, 0.1) is 12.1 Å². The second-order valence-electron chi connectivity index (χ2n) is 5.81. The van der Waals surface area contributed by atoms with Crippen LogP contribution in [-0.4, -0.2) is 20.5 Å². The van der Waals surface area contributed by atoms with Gasteiger partial charge in [0.25, 0.3) is 0 Å². The minimum Gasteiger partial charge on any atom is -0.349 e. The van der Waals surface area contributed by atoms with Gasteiger partial charge in [-0.1, -0.05) is 19.3 Å². The fourth-order valence-electron chi connectivity index (χ4n) is 2.90. The first-order valence-corrected chi connectivity index (χ1v) is 7.64. The lowest BCUT2D eigenvalue weighted by Gasteiger charge is -2.20. The van der Waals surface area contributed by atoms with E-state index in [-0.39, 0.29) is 24.2 Å². The Labute approximate surface area is 130 Å². The number of carbonyl (C=O) groups excluding carboxylic acids is 1. The van der Waals surface area contributed by atoms with Crippen LogP contribution in [0.25, 0.3) is 5.65 Å². The quantitative estimate of drug-likeness (QED) is 0.943. The van der Waals surface area contributed by atoms with E-state index in [0.717, 1.165) is 44.4 Å². The van der Waals surface area contributed by atoms with Crippen LogP contribution < -0.4 is 5.32 Å². The van der Waals surface area contributed by atoms with Gasteiger partial charge in [-0.3, -0.25) is 9.20 Å². The predicted octanol–water partition coefficient (Wildman–Crippen LogP) is 2.94. The van der Waals surface area contributed by atoms with Crippen LogP contribution in [0.5, 0.6) is 0 Å². The Morgan fingerprint density at radius 2 is 1.96 bits per heavy atom. The molecule has 1 N–H and O–H groups in total. The smallest absolute Gasteiger partial charge is 0.349 e. The average Bonchev–Trinajstić information content (AvgIpc) is 2.95. The van der Waals surface area contributed by atoms with Crippen LogP contribution in [0.3, 0.4) is 0 Å². The van der Waals surface area contributed by atoms with Gasteiger partial charge in [0, 0.05) is 12.1 Å². The maximum atomic E-state index is 12.8. The number of carbonyl (C=O) groups is 1. The van der Waals surface area contributed by atoms with E-state index in [4.69, 9.17) is 0 Å². The Hall–Kier alpha value is -2.12. The highest BCUT2D eigenvalue weighted by Crippen LogP contribution is 2.29. The van der Waals surface area contributed by atoms with Gasteiger partial charge in [-0.2, -0.15) is 13.2 Å². The van der Waals surface area contributed by atoms with Crippen molar-refractivity contribution >= 4 is 11.6 Å². The van der Waals surface area contributed by atoms with Crippen LogP contribution in [0.4, 0.5) is 13.2 Å². The summed E-state index contributed by atoms with van der Waals surface area (Å²) in [5.74, 6) is 0.220. The molecule has 1 aliphatic rings. The molecule has 5 nitrogen and oxygen atoms in total. The van der Waals surface area contributed by atoms with E-state index in [1.165, 1.54) is 10.5 Å². The molecule has 0 atom stereocenters. The molecule has 0 radical (unpaired) electrons. The number of hydrogen-bond acceptors (Lipinski definition) is 3. The van der Waals surface area contributed by atoms with Crippen LogP contribution >= 0.6 is 0 Å². The number of pyridine rings is 1. The molecule has 2 aromatic rings. The fourth-order valence-corrected chi connectivity index (χ4v) is 2.90. The highest BCUT2D eigenvalue weighted by Gasteiger charge is 2.31. The summed E-state index contributed by atoms with van der Waals surface area (Å²) in [4.78, 5) is 12.1. The zero-order valence-corrected chi connectivity index (χ0v) is 12.4. The van der Waals surface area contributed by atoms with Gasteiger partial charge in [-0.05, 0) is 25.0 Å². The topological polar surface area (TPSA) is 59.3 Å². The number of nitrogens with zero attached hydrogens (tertiary/aromatic N) is 3. The maximum absolute atomic E-state index is 12.8. The molecule has 2 heterocycles. The van der Waals surface area contributed by atoms with E-state index in [2.05, 4.69) is 15.5 Å². The Bertz CT molecular complexity index is 704. The third kappa shape index (κ3) is 3.46. The van der Waals surface area contributed by atoms with Crippen LogP contribution in [-0.2, 0) is 17.5 Å². The third-order valence-corrected chi connectivity index (χ3v) is 4.20. The first-order chi connectivity index (χ1) is 10.9. The lowest BCUT2D eigenvalue weighted by Crippen LogP contribution is -2.32. The predicted molar refractivity (Wildman–Crippen MR) is 76.4 cm³/mol. The second kappa shape index (κ2) is 6.17. The van der Waals surface area contributed by atoms with Crippen molar-refractivity contribution in [2.24, 2.45) is 5.92 Å². The average molecular weight is 326 g/mol. The molecule has 1 aliphatic carbocycles. The molecule has 1 amide bonds. The summed E-state index contributed by atoms with van der Waals surface area (Å²) in [6, 6.07) is 2.23. The minimum atomic E-state index is -4.43. The van der Waals surface area contributed by atoms with Gasteiger partial charge >= 0.3 is 6.18 Å². The van der Waals surface area contributed by atoms with Crippen LogP contribution in [0.2, 0.25) is 0 Å². The van der Waals surface area contributed by atoms with Crippen molar-refractivity contribution in [1.82, 2.24) is 19.9 Å². The number of hydrogen-bond donors (Lipinski definition) is 1. The van der Waals surface area contributed by atoms with Gasteiger partial charge in [-0.15, -0.1) is 10.2 Å². The Morgan fingerprint density at radius 3 is 2.65 bits per heavy atom. The van der Waals surface area contributed by atoms with Crippen molar-refractivity contribution in [3.05, 3.63) is 29.7 Å². The van der Waals surface area contributed by atoms with Crippen LogP contribution in [0, 0.1) is 5.92 Å². The Kier molecular flexibility index (Phi) is 4.23. The van der Waals surface area contributed by atoms with E-state index < -0.39 is 11.7 Å². The molecule has 1 fully saturated rings. The second-order valence-corrected chi connectivity index (χ2v) is 5.81. The van der Waals surface area contributed by atoms with Crippen molar-refractivity contribution in [2.75, 3.05) is 0 Å². The highest BCUT2D eigenvalue weighted by molar-refractivity contribution is 5.78. The summed E-state index contributed by atoms with van der Waals surface area (Å²) in [6.07, 6.45) is 1.49. The summed E-state index contributed by atoms with van der Waals surface area (Å²) < 4.78 is 39.6. The molecule has 1 saturated carbocycles. The summed E-state index contributed by atoms with van der Waals surface area (Å²) in [7, 11) is 0. The summed E-state index contributed by atoms with van der Waals surface area (Å²) in [6.45, 7) is 0.0673. The summed E-state index contributed by atoms with van der Waals surface area (Å²) in [5.41, 5.74) is -0.454. The van der Waals surface area contributed by atoms with E-state index >= 15 is 0 Å². The number of halogens is 3. The monoisotopic (exact) mass is 326 g/mol. The van der Waals surface area contributed by atoms with Crippen LogP contribution in [0.15, 0.2) is 18.3 Å². The number of amides is 1. The SMILES string of the molecule is O=C(NCc1nnc2ccc(C(F)(F)F)cn12)C1CCCCC1. The number of nitrogens with one attached hydrogen (secondary N) is 1. The zero-order chi connectivity index (χ0) is 16.4. The van der Waals surface area contributed by atoms with Gasteiger partial charge in [0.1, 0.15) is 0 Å². The summed E-state index contributed by atoms with van der Waals surface area (Å²) >= 11 is 0. The molecule has 8 heteroatoms. The van der Waals surface area contributed by atoms with Crippen molar-refractivity contribution in [3.63, 3.8) is 0 Å². The first-order valence-electron chi connectivity index (χ1n) is 7.64. The van der Waals surface area contributed by atoms with E-state index in [1.54, 1.807) is 0 Å². The molecule has 124 valence electrons. The number of aromatic nitrogens is 3. The van der Waals surface area contributed by atoms with Crippen molar-refractivity contribution in [2.45, 2.75) is 44.8 Å². The van der Waals surface area contributed by atoms with E-state index in [9.17, 15) is 18.0 Å². The fraction of sp³-hybridized carbons (Fsp3) is 0.533. The lowest BCUT2D eigenvalue weighted by molar-refractivity contribution is -0.138. The zero-order valence-electron chi connectivity index (χ0n) is 12.4. The molecule has 0 saturated heterocycles. The molecular weight excluding hydrogens is 309 g/mol. The van der Waals surface area contributed by atoms with Gasteiger partial charge in [0.15, 0.2) is 11.5 Å². The molecule has 0 bridgehead atoms. The van der Waals surface area contributed by atoms with Gasteiger partial charge in [-0.25, -0.2) is 0 Å². The van der Waals surface area contributed by atoms with Crippen molar-refractivity contribution in [1.29, 1.82) is 0 Å². The number of alkyl halides is 3. The summed E-state index contributed by atoms with van der Waals surface area (Å²) in [5, 5.41) is 10.5. The molecule has 0 unspecified atom stereocenters. The molecule has 0 aliphatic heterocycles. The van der Waals surface area contributed by atoms with Gasteiger partial charge in [0.2, 0.25) is 5.91 Å². The largest absolute Gasteiger partial charge is 0.417 e. The lowest BCUT2D eigenvalue weighted by atomic mass is 9.89. The number of fused-ring (bicyclic) bond motifs is 1. The molecular formula is C15H17F3N4O. The maximum Gasteiger partial charge on any atom is 0.417 e. The van der Waals surface area contributed by atoms with Gasteiger partial charge < -0.3 is 5.32 Å². The molecule has 0 spiro atoms. The Morgan fingerprint density at radius 1 is 1.22 bits per heavy atom. The third-order valence-electron chi connectivity index (χ3n) is 4.20.